The lowest BCUT2D eigenvalue weighted by Crippen LogP contribution is -2.41. The van der Waals surface area contributed by atoms with Crippen molar-refractivity contribution in [1.29, 1.82) is 0 Å². The van der Waals surface area contributed by atoms with Gasteiger partial charge in [0.1, 0.15) is 0 Å². The number of benzene rings is 3. The molecule has 0 aliphatic carbocycles. The van der Waals surface area contributed by atoms with Crippen LogP contribution in [-0.4, -0.2) is 11.8 Å². The second-order valence-electron chi connectivity index (χ2n) is 6.22. The van der Waals surface area contributed by atoms with E-state index in [1.807, 2.05) is 49.4 Å². The summed E-state index contributed by atoms with van der Waals surface area (Å²) in [6.07, 6.45) is 0. The van der Waals surface area contributed by atoms with Crippen LogP contribution in [0, 0.1) is 6.92 Å². The Labute approximate surface area is 173 Å². The van der Waals surface area contributed by atoms with Gasteiger partial charge in [-0.05, 0) is 61.0 Å². The second kappa shape index (κ2) is 9.44. The number of halogens is 1. The molecule has 2 N–H and O–H groups in total. The molecule has 4 nitrogen and oxygen atoms in total. The van der Waals surface area contributed by atoms with E-state index in [0.29, 0.717) is 16.1 Å². The van der Waals surface area contributed by atoms with Crippen LogP contribution in [0.3, 0.4) is 0 Å². The van der Waals surface area contributed by atoms with Crippen LogP contribution in [0.5, 0.6) is 0 Å². The maximum atomic E-state index is 12.2. The lowest BCUT2D eigenvalue weighted by molar-refractivity contribution is 0.0846. The Morgan fingerprint density at radius 2 is 1.50 bits per heavy atom. The molecule has 3 aromatic carbocycles. The zero-order chi connectivity index (χ0) is 19.9. The summed E-state index contributed by atoms with van der Waals surface area (Å²) in [5, 5.41) is 0.717. The highest BCUT2D eigenvalue weighted by Gasteiger charge is 2.09. The molecule has 0 fully saturated rings. The molecule has 28 heavy (non-hydrogen) atoms. The number of hydrogen-bond donors (Lipinski definition) is 2. The quantitative estimate of drug-likeness (QED) is 0.459. The maximum Gasteiger partial charge on any atom is 0.269 e. The van der Waals surface area contributed by atoms with Crippen LogP contribution in [0.15, 0.2) is 77.7 Å². The van der Waals surface area contributed by atoms with Crippen molar-refractivity contribution >= 4 is 35.2 Å². The van der Waals surface area contributed by atoms with Gasteiger partial charge < -0.3 is 0 Å². The predicted octanol–water partition coefficient (Wildman–Crippen LogP) is 5.02. The summed E-state index contributed by atoms with van der Waals surface area (Å²) >= 11 is 7.58. The van der Waals surface area contributed by atoms with E-state index < -0.39 is 0 Å². The summed E-state index contributed by atoms with van der Waals surface area (Å²) in [7, 11) is 0. The van der Waals surface area contributed by atoms with Crippen LogP contribution in [0.1, 0.15) is 31.8 Å². The molecule has 0 saturated carbocycles. The topological polar surface area (TPSA) is 58.2 Å². The van der Waals surface area contributed by atoms with Crippen molar-refractivity contribution in [1.82, 2.24) is 10.9 Å². The lowest BCUT2D eigenvalue weighted by Gasteiger charge is -2.08. The van der Waals surface area contributed by atoms with Crippen LogP contribution < -0.4 is 10.9 Å². The van der Waals surface area contributed by atoms with Gasteiger partial charge in [-0.25, -0.2) is 0 Å². The van der Waals surface area contributed by atoms with Crippen LogP contribution in [0.4, 0.5) is 0 Å². The summed E-state index contributed by atoms with van der Waals surface area (Å²) in [6.45, 7) is 1.90. The Bertz CT molecular complexity index is 973. The number of nitrogens with one attached hydrogen (secondary N) is 2. The molecule has 3 aromatic rings. The molecule has 0 aromatic heterocycles. The third kappa shape index (κ3) is 5.62. The molecule has 0 aliphatic heterocycles. The minimum absolute atomic E-state index is 0.354. The van der Waals surface area contributed by atoms with Crippen molar-refractivity contribution < 1.29 is 9.59 Å². The second-order valence-corrected chi connectivity index (χ2v) is 7.70. The Kier molecular flexibility index (Phi) is 6.74. The fraction of sp³-hybridized carbons (Fsp3) is 0.0909. The van der Waals surface area contributed by atoms with Gasteiger partial charge in [-0.1, -0.05) is 41.4 Å². The molecule has 0 atom stereocenters. The molecule has 0 bridgehead atoms. The minimum atomic E-state index is -0.363. The zero-order valence-electron chi connectivity index (χ0n) is 15.2. The van der Waals surface area contributed by atoms with Crippen molar-refractivity contribution in [3.8, 4) is 0 Å². The number of carbonyl (C=O) groups is 2. The highest BCUT2D eigenvalue weighted by Crippen LogP contribution is 2.24. The average molecular weight is 411 g/mol. The Morgan fingerprint density at radius 1 is 0.857 bits per heavy atom. The number of amides is 2. The minimum Gasteiger partial charge on any atom is -0.267 e. The van der Waals surface area contributed by atoms with Crippen LogP contribution in [0.2, 0.25) is 5.02 Å². The first-order chi connectivity index (χ1) is 13.5. The van der Waals surface area contributed by atoms with Crippen molar-refractivity contribution in [3.05, 3.63) is 100 Å². The first-order valence-electron chi connectivity index (χ1n) is 8.66. The SMILES string of the molecule is Cc1cccc(C(=O)NNC(=O)c2ccc(CSc3ccc(Cl)cc3)cc2)c1. The van der Waals surface area contributed by atoms with Crippen LogP contribution in [0.25, 0.3) is 0 Å². The summed E-state index contributed by atoms with van der Waals surface area (Å²) in [6, 6.07) is 22.1. The number of hydrazine groups is 1. The fourth-order valence-electron chi connectivity index (χ4n) is 2.49. The normalized spacial score (nSPS) is 10.4. The summed E-state index contributed by atoms with van der Waals surface area (Å²) in [5.74, 6) is 0.0686. The Hall–Kier alpha value is -2.76. The van der Waals surface area contributed by atoms with E-state index in [4.69, 9.17) is 11.6 Å². The van der Waals surface area contributed by atoms with Crippen LogP contribution >= 0.6 is 23.4 Å². The smallest absolute Gasteiger partial charge is 0.267 e. The molecule has 0 aliphatic rings. The van der Waals surface area contributed by atoms with E-state index in [1.165, 1.54) is 0 Å². The van der Waals surface area contributed by atoms with Crippen LogP contribution in [-0.2, 0) is 5.75 Å². The van der Waals surface area contributed by atoms with Gasteiger partial charge in [-0.3, -0.25) is 20.4 Å². The molecule has 0 unspecified atom stereocenters. The number of hydrogen-bond acceptors (Lipinski definition) is 3. The van der Waals surface area contributed by atoms with Gasteiger partial charge in [0.25, 0.3) is 11.8 Å². The molecule has 6 heteroatoms. The van der Waals surface area contributed by atoms with E-state index in [2.05, 4.69) is 10.9 Å². The molecule has 3 rings (SSSR count). The molecule has 0 saturated heterocycles. The highest BCUT2D eigenvalue weighted by molar-refractivity contribution is 7.98. The summed E-state index contributed by atoms with van der Waals surface area (Å²) < 4.78 is 0. The molecule has 0 spiro atoms. The van der Waals surface area contributed by atoms with Gasteiger partial charge in [0, 0.05) is 26.8 Å². The molecule has 142 valence electrons. The van der Waals surface area contributed by atoms with Gasteiger partial charge in [-0.15, -0.1) is 11.8 Å². The van der Waals surface area contributed by atoms with E-state index in [0.717, 1.165) is 21.8 Å². The van der Waals surface area contributed by atoms with Crippen molar-refractivity contribution in [3.63, 3.8) is 0 Å². The van der Waals surface area contributed by atoms with Gasteiger partial charge in [-0.2, -0.15) is 0 Å². The highest BCUT2D eigenvalue weighted by atomic mass is 35.5. The van der Waals surface area contributed by atoms with Gasteiger partial charge in [0.15, 0.2) is 0 Å². The standard InChI is InChI=1S/C22H19ClN2O2S/c1-15-3-2-4-18(13-15)22(27)25-24-21(26)17-7-5-16(6-8-17)14-28-20-11-9-19(23)10-12-20/h2-13H,14H2,1H3,(H,24,26)(H,25,27). The predicted molar refractivity (Wildman–Crippen MR) is 114 cm³/mol. The molecule has 0 heterocycles. The maximum absolute atomic E-state index is 12.2. The monoisotopic (exact) mass is 410 g/mol. The summed E-state index contributed by atoms with van der Waals surface area (Å²) in [5.41, 5.74) is 7.93. The molecular weight excluding hydrogens is 392 g/mol. The van der Waals surface area contributed by atoms with E-state index in [9.17, 15) is 9.59 Å². The number of aryl methyl sites for hydroxylation is 1. The van der Waals surface area contributed by atoms with Gasteiger partial charge >= 0.3 is 0 Å². The Balaban J connectivity index is 1.51. The average Bonchev–Trinajstić information content (AvgIpc) is 2.71. The van der Waals surface area contributed by atoms with E-state index in [-0.39, 0.29) is 11.8 Å². The lowest BCUT2D eigenvalue weighted by atomic mass is 10.1. The fourth-order valence-corrected chi connectivity index (χ4v) is 3.47. The third-order valence-electron chi connectivity index (χ3n) is 4.01. The van der Waals surface area contributed by atoms with Gasteiger partial charge in [0.2, 0.25) is 0 Å². The summed E-state index contributed by atoms with van der Waals surface area (Å²) in [4.78, 5) is 25.4. The molecule has 0 radical (unpaired) electrons. The van der Waals surface area contributed by atoms with E-state index >= 15 is 0 Å². The number of carbonyl (C=O) groups excluding carboxylic acids is 2. The number of thioether (sulfide) groups is 1. The van der Waals surface area contributed by atoms with Crippen molar-refractivity contribution in [2.75, 3.05) is 0 Å². The molecule has 2 amide bonds. The van der Waals surface area contributed by atoms with E-state index in [1.54, 1.807) is 42.1 Å². The first kappa shape index (κ1) is 20.0. The third-order valence-corrected chi connectivity index (χ3v) is 5.34. The van der Waals surface area contributed by atoms with Crippen molar-refractivity contribution in [2.45, 2.75) is 17.6 Å². The van der Waals surface area contributed by atoms with Gasteiger partial charge in [0.05, 0.1) is 0 Å². The Morgan fingerprint density at radius 3 is 2.14 bits per heavy atom. The van der Waals surface area contributed by atoms with Crippen molar-refractivity contribution in [2.24, 2.45) is 0 Å². The number of rotatable bonds is 5. The zero-order valence-corrected chi connectivity index (χ0v) is 16.8. The molecular formula is C22H19ClN2O2S. The first-order valence-corrected chi connectivity index (χ1v) is 10.0. The largest absolute Gasteiger partial charge is 0.269 e.